The zero-order valence-corrected chi connectivity index (χ0v) is 14.3. The van der Waals surface area contributed by atoms with E-state index in [1.54, 1.807) is 0 Å². The van der Waals surface area contributed by atoms with Gasteiger partial charge < -0.3 is 18.9 Å². The van der Waals surface area contributed by atoms with E-state index >= 15 is 0 Å². The second kappa shape index (κ2) is 6.12. The van der Waals surface area contributed by atoms with Crippen LogP contribution in [0.5, 0.6) is 0 Å². The lowest BCUT2D eigenvalue weighted by molar-refractivity contribution is -0.369. The highest BCUT2D eigenvalue weighted by atomic mass is 19.4. The number of halogens is 8. The molecule has 14 heteroatoms. The lowest BCUT2D eigenvalue weighted by Crippen LogP contribution is -2.65. The molecule has 3 aliphatic heterocycles. The molecule has 0 saturated carbocycles. The summed E-state index contributed by atoms with van der Waals surface area (Å²) < 4.78 is 126. The largest absolute Gasteiger partial charge is 0.452 e. The molecular weight excluding hydrogens is 414 g/mol. The highest BCUT2D eigenvalue weighted by Gasteiger charge is 2.78. The number of cyclic esters (lactones) is 1. The lowest BCUT2D eigenvalue weighted by Gasteiger charge is -2.32. The number of carbonyl (C=O) groups is 1. The average Bonchev–Trinajstić information content (AvgIpc) is 3.07. The van der Waals surface area contributed by atoms with Crippen molar-refractivity contribution in [3.8, 4) is 0 Å². The molecule has 3 aliphatic rings. The van der Waals surface area contributed by atoms with Crippen LogP contribution >= 0.6 is 0 Å². The second-order valence-electron chi connectivity index (χ2n) is 7.15. The first-order valence-corrected chi connectivity index (χ1v) is 7.98. The van der Waals surface area contributed by atoms with Gasteiger partial charge in [0.25, 0.3) is 5.92 Å². The highest BCUT2D eigenvalue weighted by molar-refractivity contribution is 5.79. The molecule has 0 amide bonds. The Morgan fingerprint density at radius 2 is 1.61 bits per heavy atom. The van der Waals surface area contributed by atoms with Crippen LogP contribution in [0.4, 0.5) is 35.1 Å². The molecule has 4 atom stereocenters. The van der Waals surface area contributed by atoms with E-state index in [1.807, 2.05) is 0 Å². The van der Waals surface area contributed by atoms with Crippen molar-refractivity contribution in [2.75, 3.05) is 6.61 Å². The summed E-state index contributed by atoms with van der Waals surface area (Å²) in [6.07, 6.45) is -18.2. The first-order chi connectivity index (χ1) is 12.5. The number of hydrogen-bond acceptors (Lipinski definition) is 6. The molecule has 0 spiro atoms. The van der Waals surface area contributed by atoms with Gasteiger partial charge in [-0.25, -0.2) is 8.78 Å². The maximum atomic E-state index is 14.6. The Kier molecular flexibility index (Phi) is 4.69. The first kappa shape index (κ1) is 21.5. The van der Waals surface area contributed by atoms with Crippen molar-refractivity contribution in [1.82, 2.24) is 5.32 Å². The van der Waals surface area contributed by atoms with E-state index in [0.29, 0.717) is 0 Å². The quantitative estimate of drug-likeness (QED) is 0.549. The molecule has 3 rings (SSSR count). The lowest BCUT2D eigenvalue weighted by atomic mass is 9.98. The summed E-state index contributed by atoms with van der Waals surface area (Å²) in [6, 6.07) is -2.57. The molecule has 28 heavy (non-hydrogen) atoms. The normalized spacial score (nSPS) is 35.1. The van der Waals surface area contributed by atoms with Crippen molar-refractivity contribution in [2.45, 2.75) is 74.4 Å². The Labute approximate surface area is 152 Å². The Morgan fingerprint density at radius 3 is 2.11 bits per heavy atom. The number of hydrogen-bond donors (Lipinski definition) is 1. The fourth-order valence-electron chi connectivity index (χ4n) is 3.42. The Hall–Kier alpha value is -1.25. The molecule has 0 radical (unpaired) electrons. The van der Waals surface area contributed by atoms with Crippen LogP contribution in [0.3, 0.4) is 0 Å². The molecule has 0 aromatic carbocycles. The molecule has 0 aromatic rings. The zero-order valence-electron chi connectivity index (χ0n) is 14.3. The summed E-state index contributed by atoms with van der Waals surface area (Å²) in [5.74, 6) is -7.35. The van der Waals surface area contributed by atoms with Crippen molar-refractivity contribution in [2.24, 2.45) is 0 Å². The minimum atomic E-state index is -6.12. The summed E-state index contributed by atoms with van der Waals surface area (Å²) >= 11 is 0. The van der Waals surface area contributed by atoms with E-state index in [0.717, 1.165) is 5.32 Å². The minimum Gasteiger partial charge on any atom is -0.424 e. The van der Waals surface area contributed by atoms with Crippen molar-refractivity contribution in [1.29, 1.82) is 0 Å². The average molecular weight is 429 g/mol. The van der Waals surface area contributed by atoms with E-state index in [1.165, 1.54) is 13.8 Å². The van der Waals surface area contributed by atoms with Crippen LogP contribution in [0.2, 0.25) is 0 Å². The van der Waals surface area contributed by atoms with Crippen molar-refractivity contribution >= 4 is 5.97 Å². The molecule has 0 aliphatic carbocycles. The highest BCUT2D eigenvalue weighted by Crippen LogP contribution is 2.48. The number of esters is 1. The van der Waals surface area contributed by atoms with Gasteiger partial charge in [0.15, 0.2) is 5.79 Å². The van der Waals surface area contributed by atoms with Gasteiger partial charge in [0.2, 0.25) is 0 Å². The molecule has 3 saturated heterocycles. The fourth-order valence-corrected chi connectivity index (χ4v) is 3.42. The van der Waals surface area contributed by atoms with Gasteiger partial charge in [-0.3, -0.25) is 10.1 Å². The van der Waals surface area contributed by atoms with Gasteiger partial charge in [0, 0.05) is 6.42 Å². The van der Waals surface area contributed by atoms with Crippen molar-refractivity contribution in [3.05, 3.63) is 0 Å². The van der Waals surface area contributed by atoms with E-state index in [-0.39, 0.29) is 6.61 Å². The van der Waals surface area contributed by atoms with E-state index < -0.39 is 66.5 Å². The Bertz CT molecular complexity index is 635. The maximum absolute atomic E-state index is 14.6. The van der Waals surface area contributed by atoms with Crippen LogP contribution in [-0.4, -0.2) is 66.7 Å². The Balaban J connectivity index is 1.79. The van der Waals surface area contributed by atoms with Gasteiger partial charge in [0.1, 0.15) is 24.4 Å². The summed E-state index contributed by atoms with van der Waals surface area (Å²) in [6.45, 7) is 2.57. The van der Waals surface area contributed by atoms with Crippen LogP contribution in [0, 0.1) is 0 Å². The summed E-state index contributed by atoms with van der Waals surface area (Å²) in [5.41, 5.74) is -5.06. The predicted octanol–water partition coefficient (Wildman–Crippen LogP) is 2.27. The monoisotopic (exact) mass is 429 g/mol. The second-order valence-corrected chi connectivity index (χ2v) is 7.15. The van der Waals surface area contributed by atoms with E-state index in [2.05, 4.69) is 4.74 Å². The molecular formula is C14H15F8NO5. The van der Waals surface area contributed by atoms with Crippen LogP contribution in [-0.2, 0) is 23.7 Å². The smallest absolute Gasteiger partial charge is 0.424 e. The molecule has 0 bridgehead atoms. The first-order valence-electron chi connectivity index (χ1n) is 7.98. The summed E-state index contributed by atoms with van der Waals surface area (Å²) in [7, 11) is 0. The maximum Gasteiger partial charge on any atom is 0.452 e. The standard InChI is InChI=1S/C14H15F8NO5/c1-10(2)26-6-4-25-8(7(6)27-10)11(15,16)3-5-9(24)28-12(23-5,13(17,18)19)14(20,21)22/h5-8,23H,3-4H2,1-2H3/t5-,6+,7+,8?/m0/s1. The molecule has 1 N–H and O–H groups in total. The third kappa shape index (κ3) is 3.33. The SMILES string of the molecule is CC1(C)O[C@@H]2COC(C(F)(F)C[C@@H]3NC(C(F)(F)F)(C(F)(F)F)OC3=O)[C@@H]2O1. The van der Waals surface area contributed by atoms with Crippen molar-refractivity contribution in [3.63, 3.8) is 0 Å². The topological polar surface area (TPSA) is 66.0 Å². The van der Waals surface area contributed by atoms with Gasteiger partial charge >= 0.3 is 24.0 Å². The van der Waals surface area contributed by atoms with E-state index in [9.17, 15) is 39.9 Å². The third-order valence-electron chi connectivity index (χ3n) is 4.57. The summed E-state index contributed by atoms with van der Waals surface area (Å²) in [5, 5.41) is 0.860. The number of fused-ring (bicyclic) bond motifs is 1. The molecule has 6 nitrogen and oxygen atoms in total. The molecule has 162 valence electrons. The number of alkyl halides is 8. The molecule has 1 unspecified atom stereocenters. The number of carbonyl (C=O) groups excluding carboxylic acids is 1. The van der Waals surface area contributed by atoms with Crippen molar-refractivity contribution < 1.29 is 58.9 Å². The van der Waals surface area contributed by atoms with Gasteiger partial charge in [-0.1, -0.05) is 0 Å². The van der Waals surface area contributed by atoms with Gasteiger partial charge in [-0.05, 0) is 13.8 Å². The molecule has 3 fully saturated rings. The minimum absolute atomic E-state index is 0.314. The van der Waals surface area contributed by atoms with Crippen LogP contribution in [0.1, 0.15) is 20.3 Å². The zero-order chi connectivity index (χ0) is 21.3. The Morgan fingerprint density at radius 1 is 1.04 bits per heavy atom. The molecule has 0 aromatic heterocycles. The van der Waals surface area contributed by atoms with Gasteiger partial charge in [-0.15, -0.1) is 0 Å². The number of rotatable bonds is 3. The van der Waals surface area contributed by atoms with Crippen LogP contribution in [0.15, 0.2) is 0 Å². The predicted molar refractivity (Wildman–Crippen MR) is 71.0 cm³/mol. The van der Waals surface area contributed by atoms with E-state index in [4.69, 9.17) is 14.2 Å². The van der Waals surface area contributed by atoms with Gasteiger partial charge in [-0.2, -0.15) is 26.3 Å². The fraction of sp³-hybridized carbons (Fsp3) is 0.929. The summed E-state index contributed by atoms with van der Waals surface area (Å²) in [4.78, 5) is 11.6. The van der Waals surface area contributed by atoms with Gasteiger partial charge in [0.05, 0.1) is 6.61 Å². The molecule has 3 heterocycles. The van der Waals surface area contributed by atoms with Crippen LogP contribution in [0.25, 0.3) is 0 Å². The van der Waals surface area contributed by atoms with Crippen LogP contribution < -0.4 is 5.32 Å². The third-order valence-corrected chi connectivity index (χ3v) is 4.57. The number of ether oxygens (including phenoxy) is 4. The number of nitrogens with one attached hydrogen (secondary N) is 1.